The fourth-order valence-corrected chi connectivity index (χ4v) is 4.01. The Bertz CT molecular complexity index is 1460. The lowest BCUT2D eigenvalue weighted by Crippen LogP contribution is -2.18. The molecule has 0 unspecified atom stereocenters. The van der Waals surface area contributed by atoms with Gasteiger partial charge in [0, 0.05) is 34.3 Å². The Balaban J connectivity index is 1.72. The first-order valence-electron chi connectivity index (χ1n) is 11.5. The molecule has 0 atom stereocenters. The largest absolute Gasteiger partial charge is 0.478 e. The highest BCUT2D eigenvalue weighted by Gasteiger charge is 2.18. The van der Waals surface area contributed by atoms with Crippen LogP contribution in [0, 0.1) is 11.7 Å². The van der Waals surface area contributed by atoms with E-state index >= 15 is 0 Å². The van der Waals surface area contributed by atoms with Gasteiger partial charge in [0.2, 0.25) is 5.91 Å². The lowest BCUT2D eigenvalue weighted by Gasteiger charge is -2.13. The van der Waals surface area contributed by atoms with Crippen LogP contribution < -0.4 is 10.6 Å². The van der Waals surface area contributed by atoms with Crippen molar-refractivity contribution in [1.82, 2.24) is 4.57 Å². The number of halogens is 1. The summed E-state index contributed by atoms with van der Waals surface area (Å²) in [5.41, 5.74) is 2.32. The number of rotatable bonds is 8. The third kappa shape index (κ3) is 5.60. The van der Waals surface area contributed by atoms with Crippen molar-refractivity contribution >= 4 is 40.1 Å². The summed E-state index contributed by atoms with van der Waals surface area (Å²) in [7, 11) is 0. The van der Waals surface area contributed by atoms with E-state index in [0.29, 0.717) is 34.3 Å². The Morgan fingerprint density at radius 3 is 2.39 bits per heavy atom. The highest BCUT2D eigenvalue weighted by molar-refractivity contribution is 6.07. The normalized spacial score (nSPS) is 11.0. The van der Waals surface area contributed by atoms with E-state index in [1.807, 2.05) is 13.8 Å². The van der Waals surface area contributed by atoms with Crippen molar-refractivity contribution in [3.05, 3.63) is 95.4 Å². The van der Waals surface area contributed by atoms with E-state index in [9.17, 15) is 23.9 Å². The molecule has 8 heteroatoms. The maximum atomic E-state index is 14.5. The molecule has 1 heterocycles. The van der Waals surface area contributed by atoms with Crippen LogP contribution in [0.1, 0.15) is 46.7 Å². The van der Waals surface area contributed by atoms with Gasteiger partial charge in [-0.05, 0) is 54.4 Å². The third-order valence-corrected chi connectivity index (χ3v) is 5.67. The van der Waals surface area contributed by atoms with E-state index in [0.717, 1.165) is 0 Å². The number of carboxylic acids is 1. The summed E-state index contributed by atoms with van der Waals surface area (Å²) in [4.78, 5) is 36.8. The van der Waals surface area contributed by atoms with Crippen LogP contribution in [0.3, 0.4) is 0 Å². The van der Waals surface area contributed by atoms with Crippen molar-refractivity contribution < 1.29 is 23.9 Å². The van der Waals surface area contributed by atoms with E-state index in [2.05, 4.69) is 10.6 Å². The molecule has 4 aromatic rings. The summed E-state index contributed by atoms with van der Waals surface area (Å²) in [5, 5.41) is 15.5. The number of benzene rings is 3. The van der Waals surface area contributed by atoms with Crippen molar-refractivity contribution in [3.63, 3.8) is 0 Å². The maximum Gasteiger partial charge on any atom is 0.335 e. The number of carbonyl (C=O) groups excluding carboxylic acids is 2. The molecule has 1 aromatic heterocycles. The van der Waals surface area contributed by atoms with Crippen LogP contribution >= 0.6 is 0 Å². The van der Waals surface area contributed by atoms with Crippen LogP contribution in [0.25, 0.3) is 10.9 Å². The molecule has 4 rings (SSSR count). The minimum atomic E-state index is -1.10. The molecule has 0 radical (unpaired) electrons. The molecule has 0 aliphatic rings. The van der Waals surface area contributed by atoms with Gasteiger partial charge in [-0.2, -0.15) is 0 Å². The molecule has 0 bridgehead atoms. The Morgan fingerprint density at radius 1 is 0.917 bits per heavy atom. The quantitative estimate of drug-likeness (QED) is 0.294. The molecule has 7 nitrogen and oxygen atoms in total. The number of nitrogens with one attached hydrogen (secondary N) is 2. The molecule has 3 N–H and O–H groups in total. The van der Waals surface area contributed by atoms with Crippen LogP contribution in [0.5, 0.6) is 0 Å². The number of nitrogens with zero attached hydrogens (tertiary/aromatic N) is 1. The first-order chi connectivity index (χ1) is 17.2. The predicted molar refractivity (Wildman–Crippen MR) is 137 cm³/mol. The summed E-state index contributed by atoms with van der Waals surface area (Å²) in [6.07, 6.45) is 0.384. The number of aromatic nitrogens is 1. The Hall–Kier alpha value is -4.46. The minimum absolute atomic E-state index is 0.0430. The van der Waals surface area contributed by atoms with Gasteiger partial charge in [-0.3, -0.25) is 9.59 Å². The average Bonchev–Trinajstić information content (AvgIpc) is 3.18. The topological polar surface area (TPSA) is 100 Å². The Morgan fingerprint density at radius 2 is 1.67 bits per heavy atom. The SMILES string of the molecule is CC(C)CC(=O)Nc1ccc2c(c1)cc(C(=O)Nc1cccc(C(=O)O)c1)n2Cc1ccccc1F. The summed E-state index contributed by atoms with van der Waals surface area (Å²) < 4.78 is 16.2. The fourth-order valence-electron chi connectivity index (χ4n) is 4.01. The number of anilines is 2. The van der Waals surface area contributed by atoms with Gasteiger partial charge >= 0.3 is 5.97 Å². The molecule has 0 fully saturated rings. The molecule has 0 saturated carbocycles. The molecule has 2 amide bonds. The zero-order valence-electron chi connectivity index (χ0n) is 19.9. The second-order valence-electron chi connectivity index (χ2n) is 8.97. The van der Waals surface area contributed by atoms with Gasteiger partial charge in [-0.15, -0.1) is 0 Å². The van der Waals surface area contributed by atoms with Crippen LogP contribution in [0.2, 0.25) is 0 Å². The number of fused-ring (bicyclic) bond motifs is 1. The van der Waals surface area contributed by atoms with Crippen LogP contribution in [-0.2, 0) is 11.3 Å². The average molecular weight is 488 g/mol. The number of aromatic carboxylic acids is 1. The maximum absolute atomic E-state index is 14.5. The number of carboxylic acid groups (broad SMARTS) is 1. The van der Waals surface area contributed by atoms with Crippen LogP contribution in [0.15, 0.2) is 72.8 Å². The van der Waals surface area contributed by atoms with Crippen molar-refractivity contribution in [1.29, 1.82) is 0 Å². The fraction of sp³-hybridized carbons (Fsp3) is 0.179. The highest BCUT2D eigenvalue weighted by atomic mass is 19.1. The second-order valence-corrected chi connectivity index (χ2v) is 8.97. The second kappa shape index (κ2) is 10.4. The van der Waals surface area contributed by atoms with Gasteiger partial charge in [0.25, 0.3) is 5.91 Å². The van der Waals surface area contributed by atoms with Crippen molar-refractivity contribution in [2.75, 3.05) is 10.6 Å². The third-order valence-electron chi connectivity index (χ3n) is 5.67. The monoisotopic (exact) mass is 487 g/mol. The molecule has 0 aliphatic carbocycles. The Kier molecular flexibility index (Phi) is 7.15. The first-order valence-corrected chi connectivity index (χ1v) is 11.5. The van der Waals surface area contributed by atoms with Gasteiger partial charge in [-0.1, -0.05) is 38.1 Å². The van der Waals surface area contributed by atoms with Gasteiger partial charge < -0.3 is 20.3 Å². The minimum Gasteiger partial charge on any atom is -0.478 e. The van der Waals surface area contributed by atoms with Crippen LogP contribution in [-0.4, -0.2) is 27.5 Å². The summed E-state index contributed by atoms with van der Waals surface area (Å²) >= 11 is 0. The van der Waals surface area contributed by atoms with E-state index in [1.165, 1.54) is 18.2 Å². The number of hydrogen-bond donors (Lipinski definition) is 3. The van der Waals surface area contributed by atoms with Gasteiger partial charge in [0.15, 0.2) is 0 Å². The number of amides is 2. The summed E-state index contributed by atoms with van der Waals surface area (Å²) in [5.74, 6) is -1.86. The highest BCUT2D eigenvalue weighted by Crippen LogP contribution is 2.26. The molecule has 184 valence electrons. The van der Waals surface area contributed by atoms with E-state index in [1.54, 1.807) is 59.2 Å². The number of carbonyl (C=O) groups is 3. The predicted octanol–water partition coefficient (Wildman–Crippen LogP) is 5.76. The zero-order valence-corrected chi connectivity index (χ0v) is 19.9. The molecule has 0 spiro atoms. The smallest absolute Gasteiger partial charge is 0.335 e. The van der Waals surface area contributed by atoms with Crippen molar-refractivity contribution in [2.45, 2.75) is 26.8 Å². The van der Waals surface area contributed by atoms with Gasteiger partial charge in [0.1, 0.15) is 11.5 Å². The van der Waals surface area contributed by atoms with Gasteiger partial charge in [0.05, 0.1) is 12.1 Å². The van der Waals surface area contributed by atoms with Crippen molar-refractivity contribution in [3.8, 4) is 0 Å². The molecular formula is C28H26FN3O4. The van der Waals surface area contributed by atoms with Crippen LogP contribution in [0.4, 0.5) is 15.8 Å². The zero-order chi connectivity index (χ0) is 25.8. The summed E-state index contributed by atoms with van der Waals surface area (Å²) in [6, 6.07) is 19.2. The van der Waals surface area contributed by atoms with E-state index in [-0.39, 0.29) is 29.6 Å². The molecule has 36 heavy (non-hydrogen) atoms. The van der Waals surface area contributed by atoms with E-state index in [4.69, 9.17) is 0 Å². The molecule has 3 aromatic carbocycles. The van der Waals surface area contributed by atoms with Gasteiger partial charge in [-0.25, -0.2) is 9.18 Å². The Labute approximate surface area is 207 Å². The lowest BCUT2D eigenvalue weighted by atomic mass is 10.1. The standard InChI is InChI=1S/C28H26FN3O4/c1-17(2)12-26(33)30-22-10-11-24-20(14-22)15-25(32(24)16-19-6-3-4-9-23(19)29)27(34)31-21-8-5-7-18(13-21)28(35)36/h3-11,13-15,17H,12,16H2,1-2H3,(H,30,33)(H,31,34)(H,35,36). The summed E-state index contributed by atoms with van der Waals surface area (Å²) in [6.45, 7) is 4.03. The van der Waals surface area contributed by atoms with E-state index < -0.39 is 17.7 Å². The lowest BCUT2D eigenvalue weighted by molar-refractivity contribution is -0.116. The molecular weight excluding hydrogens is 461 g/mol. The first kappa shape index (κ1) is 24.7. The van der Waals surface area contributed by atoms with Crippen molar-refractivity contribution in [2.24, 2.45) is 5.92 Å². The molecule has 0 saturated heterocycles. The number of hydrogen-bond acceptors (Lipinski definition) is 3. The molecule has 0 aliphatic heterocycles.